The molecule has 0 saturated carbocycles. The minimum absolute atomic E-state index is 0.135. The Labute approximate surface area is 120 Å². The Kier molecular flexibility index (Phi) is 4.22. The van der Waals surface area contributed by atoms with E-state index in [0.717, 1.165) is 8.66 Å². The van der Waals surface area contributed by atoms with Gasteiger partial charge in [0.2, 0.25) is 0 Å². The zero-order chi connectivity index (χ0) is 12.4. The van der Waals surface area contributed by atoms with Crippen molar-refractivity contribution in [2.75, 3.05) is 7.11 Å². The van der Waals surface area contributed by atoms with Crippen LogP contribution < -0.4 is 4.74 Å². The van der Waals surface area contributed by atoms with Gasteiger partial charge in [-0.1, -0.05) is 22.0 Å². The van der Waals surface area contributed by atoms with Gasteiger partial charge < -0.3 is 4.74 Å². The first-order chi connectivity index (χ1) is 8.11. The third-order valence-electron chi connectivity index (χ3n) is 2.32. The zero-order valence-corrected chi connectivity index (χ0v) is 12.9. The summed E-state index contributed by atoms with van der Waals surface area (Å²) in [4.78, 5) is 0.922. The van der Waals surface area contributed by atoms with Crippen LogP contribution in [0.1, 0.15) is 15.3 Å². The fourth-order valence-corrected chi connectivity index (χ4v) is 3.68. The SMILES string of the molecule is COc1ccc(C(Br)c2ccc(Br)s2)c(F)c1. The largest absolute Gasteiger partial charge is 0.497 e. The lowest BCUT2D eigenvalue weighted by atomic mass is 10.1. The van der Waals surface area contributed by atoms with E-state index in [1.807, 2.05) is 12.1 Å². The highest BCUT2D eigenvalue weighted by Gasteiger charge is 2.17. The second-order valence-electron chi connectivity index (χ2n) is 3.39. The lowest BCUT2D eigenvalue weighted by Crippen LogP contribution is -1.95. The fraction of sp³-hybridized carbons (Fsp3) is 0.167. The van der Waals surface area contributed by atoms with E-state index in [0.29, 0.717) is 11.3 Å². The van der Waals surface area contributed by atoms with E-state index in [9.17, 15) is 4.39 Å². The molecule has 0 N–H and O–H groups in total. The minimum atomic E-state index is -0.268. The maximum atomic E-state index is 13.9. The number of halogens is 3. The van der Waals surface area contributed by atoms with Crippen LogP contribution in [0.4, 0.5) is 4.39 Å². The van der Waals surface area contributed by atoms with E-state index in [-0.39, 0.29) is 10.6 Å². The predicted octanol–water partition coefficient (Wildman–Crippen LogP) is 5.14. The number of benzene rings is 1. The molecule has 5 heteroatoms. The van der Waals surface area contributed by atoms with E-state index >= 15 is 0 Å². The van der Waals surface area contributed by atoms with E-state index in [4.69, 9.17) is 4.74 Å². The van der Waals surface area contributed by atoms with Crippen molar-refractivity contribution in [3.8, 4) is 5.75 Å². The summed E-state index contributed by atoms with van der Waals surface area (Å²) < 4.78 is 19.9. The third kappa shape index (κ3) is 2.89. The van der Waals surface area contributed by atoms with Crippen molar-refractivity contribution in [3.63, 3.8) is 0 Å². The number of rotatable bonds is 3. The van der Waals surface area contributed by atoms with Crippen LogP contribution in [-0.4, -0.2) is 7.11 Å². The molecule has 0 fully saturated rings. The van der Waals surface area contributed by atoms with Gasteiger partial charge in [0.15, 0.2) is 0 Å². The maximum Gasteiger partial charge on any atom is 0.131 e. The number of thiophene rings is 1. The molecule has 0 aliphatic carbocycles. The van der Waals surface area contributed by atoms with Gasteiger partial charge in [0.25, 0.3) is 0 Å². The molecule has 1 aromatic carbocycles. The molecule has 0 saturated heterocycles. The molecule has 1 aromatic heterocycles. The summed E-state index contributed by atoms with van der Waals surface area (Å²) in [5, 5.41) is 0. The van der Waals surface area contributed by atoms with E-state index in [1.54, 1.807) is 23.5 Å². The standard InChI is InChI=1S/C12H9Br2FOS/c1-16-7-2-3-8(9(15)6-7)12(14)10-4-5-11(13)17-10/h2-6,12H,1H3. The Hall–Kier alpha value is -0.390. The summed E-state index contributed by atoms with van der Waals surface area (Å²) in [6, 6.07) is 8.82. The fourth-order valence-electron chi connectivity index (χ4n) is 1.46. The smallest absolute Gasteiger partial charge is 0.131 e. The summed E-state index contributed by atoms with van der Waals surface area (Å²) in [5.41, 5.74) is 0.611. The molecule has 90 valence electrons. The number of alkyl halides is 1. The summed E-state index contributed by atoms with van der Waals surface area (Å²) in [6.45, 7) is 0. The van der Waals surface area contributed by atoms with Crippen LogP contribution in [0.15, 0.2) is 34.1 Å². The van der Waals surface area contributed by atoms with Crippen LogP contribution in [0, 0.1) is 5.82 Å². The van der Waals surface area contributed by atoms with Crippen LogP contribution >= 0.6 is 43.2 Å². The van der Waals surface area contributed by atoms with Crippen molar-refractivity contribution in [3.05, 3.63) is 50.4 Å². The average molecular weight is 380 g/mol. The molecular formula is C12H9Br2FOS. The van der Waals surface area contributed by atoms with Gasteiger partial charge in [-0.25, -0.2) is 4.39 Å². The molecule has 17 heavy (non-hydrogen) atoms. The van der Waals surface area contributed by atoms with Crippen LogP contribution in [0.3, 0.4) is 0 Å². The molecule has 0 spiro atoms. The third-order valence-corrected chi connectivity index (χ3v) is 5.30. The molecule has 1 nitrogen and oxygen atoms in total. The van der Waals surface area contributed by atoms with Gasteiger partial charge in [-0.15, -0.1) is 11.3 Å². The van der Waals surface area contributed by atoms with Crippen LogP contribution in [0.2, 0.25) is 0 Å². The van der Waals surface area contributed by atoms with Gasteiger partial charge in [0.05, 0.1) is 15.7 Å². The van der Waals surface area contributed by atoms with Crippen molar-refractivity contribution < 1.29 is 9.13 Å². The maximum absolute atomic E-state index is 13.9. The molecule has 2 rings (SSSR count). The average Bonchev–Trinajstić information content (AvgIpc) is 2.75. The summed E-state index contributed by atoms with van der Waals surface area (Å²) >= 11 is 8.49. The molecule has 1 atom stereocenters. The number of hydrogen-bond donors (Lipinski definition) is 0. The van der Waals surface area contributed by atoms with Crippen molar-refractivity contribution >= 4 is 43.2 Å². The number of hydrogen-bond acceptors (Lipinski definition) is 2. The zero-order valence-electron chi connectivity index (χ0n) is 8.91. The summed E-state index contributed by atoms with van der Waals surface area (Å²) in [7, 11) is 1.52. The highest BCUT2D eigenvalue weighted by Crippen LogP contribution is 2.38. The Morgan fingerprint density at radius 3 is 2.59 bits per heavy atom. The normalized spacial score (nSPS) is 12.5. The van der Waals surface area contributed by atoms with Gasteiger partial charge in [0, 0.05) is 16.5 Å². The monoisotopic (exact) mass is 378 g/mol. The van der Waals surface area contributed by atoms with Gasteiger partial charge >= 0.3 is 0 Å². The molecule has 0 radical (unpaired) electrons. The molecule has 1 unspecified atom stereocenters. The van der Waals surface area contributed by atoms with Crippen LogP contribution in [0.25, 0.3) is 0 Å². The Balaban J connectivity index is 2.34. The molecule has 0 aliphatic rings. The van der Waals surface area contributed by atoms with Gasteiger partial charge in [0.1, 0.15) is 11.6 Å². The Morgan fingerprint density at radius 2 is 2.06 bits per heavy atom. The first-order valence-corrected chi connectivity index (χ1v) is 7.37. The van der Waals surface area contributed by atoms with Gasteiger partial charge in [-0.05, 0) is 34.1 Å². The van der Waals surface area contributed by atoms with Gasteiger partial charge in [-0.3, -0.25) is 0 Å². The van der Waals surface area contributed by atoms with E-state index in [2.05, 4.69) is 31.9 Å². The number of methoxy groups -OCH3 is 1. The molecule has 1 heterocycles. The Bertz CT molecular complexity index is 527. The first kappa shape index (κ1) is 13.1. The molecule has 0 aliphatic heterocycles. The second-order valence-corrected chi connectivity index (χ2v) is 6.80. The van der Waals surface area contributed by atoms with Crippen molar-refractivity contribution in [1.82, 2.24) is 0 Å². The highest BCUT2D eigenvalue weighted by molar-refractivity contribution is 9.11. The van der Waals surface area contributed by atoms with E-state index < -0.39 is 0 Å². The minimum Gasteiger partial charge on any atom is -0.497 e. The topological polar surface area (TPSA) is 9.23 Å². The number of ether oxygens (including phenoxy) is 1. The van der Waals surface area contributed by atoms with Crippen molar-refractivity contribution in [2.45, 2.75) is 4.83 Å². The van der Waals surface area contributed by atoms with Crippen LogP contribution in [0.5, 0.6) is 5.75 Å². The van der Waals surface area contributed by atoms with Crippen molar-refractivity contribution in [1.29, 1.82) is 0 Å². The molecular weight excluding hydrogens is 371 g/mol. The van der Waals surface area contributed by atoms with E-state index in [1.165, 1.54) is 13.2 Å². The summed E-state index contributed by atoms with van der Waals surface area (Å²) in [6.07, 6.45) is 0. The molecule has 0 amide bonds. The molecule has 0 bridgehead atoms. The lowest BCUT2D eigenvalue weighted by molar-refractivity contribution is 0.411. The first-order valence-electron chi connectivity index (χ1n) is 4.84. The molecule has 2 aromatic rings. The quantitative estimate of drug-likeness (QED) is 0.670. The lowest BCUT2D eigenvalue weighted by Gasteiger charge is -2.10. The highest BCUT2D eigenvalue weighted by atomic mass is 79.9. The Morgan fingerprint density at radius 1 is 1.29 bits per heavy atom. The predicted molar refractivity (Wildman–Crippen MR) is 75.7 cm³/mol. The second kappa shape index (κ2) is 5.50. The summed E-state index contributed by atoms with van der Waals surface area (Å²) in [5.74, 6) is 0.258. The van der Waals surface area contributed by atoms with Crippen molar-refractivity contribution in [2.24, 2.45) is 0 Å². The van der Waals surface area contributed by atoms with Crippen LogP contribution in [-0.2, 0) is 0 Å². The van der Waals surface area contributed by atoms with Gasteiger partial charge in [-0.2, -0.15) is 0 Å².